The first kappa shape index (κ1) is 13.8. The molecule has 0 spiro atoms. The molecule has 0 unspecified atom stereocenters. The zero-order chi connectivity index (χ0) is 10.8. The van der Waals surface area contributed by atoms with Crippen LogP contribution in [0.25, 0.3) is 0 Å². The van der Waals surface area contributed by atoms with E-state index in [-0.39, 0.29) is 12.4 Å². The molecule has 0 amide bonds. The van der Waals surface area contributed by atoms with Gasteiger partial charge in [-0.25, -0.2) is 0 Å². The van der Waals surface area contributed by atoms with Crippen molar-refractivity contribution in [3.63, 3.8) is 0 Å². The smallest absolute Gasteiger partial charge is 0.0406 e. The molecule has 1 aromatic carbocycles. The molecule has 90 valence electrons. The van der Waals surface area contributed by atoms with E-state index in [1.54, 1.807) is 0 Å². The molecule has 1 aliphatic carbocycles. The Morgan fingerprint density at radius 3 is 2.38 bits per heavy atom. The minimum Gasteiger partial charge on any atom is -0.328 e. The molecule has 0 aliphatic heterocycles. The highest BCUT2D eigenvalue weighted by Crippen LogP contribution is 2.24. The van der Waals surface area contributed by atoms with E-state index in [1.165, 1.54) is 5.56 Å². The summed E-state index contributed by atoms with van der Waals surface area (Å²) < 4.78 is 0. The normalized spacial score (nSPS) is 23.8. The number of benzene rings is 1. The van der Waals surface area contributed by atoms with E-state index in [2.05, 4.69) is 24.1 Å². The Morgan fingerprint density at radius 1 is 1.31 bits per heavy atom. The van der Waals surface area contributed by atoms with Gasteiger partial charge in [0.1, 0.15) is 0 Å². The zero-order valence-corrected chi connectivity index (χ0v) is 11.0. The second-order valence-corrected chi connectivity index (χ2v) is 4.86. The molecule has 0 radical (unpaired) electrons. The third kappa shape index (κ3) is 3.36. The van der Waals surface area contributed by atoms with Crippen LogP contribution in [0.3, 0.4) is 0 Å². The minimum absolute atomic E-state index is 0. The van der Waals surface area contributed by atoms with Gasteiger partial charge in [0.05, 0.1) is 0 Å². The van der Waals surface area contributed by atoms with Crippen LogP contribution in [0.2, 0.25) is 5.02 Å². The third-order valence-electron chi connectivity index (χ3n) is 3.12. The molecule has 0 aromatic heterocycles. The highest BCUT2D eigenvalue weighted by molar-refractivity contribution is 6.30. The Balaban J connectivity index is 0.00000128. The fourth-order valence-electron chi connectivity index (χ4n) is 2.00. The summed E-state index contributed by atoms with van der Waals surface area (Å²) in [5, 5.41) is 0.798. The molecule has 0 heterocycles. The quantitative estimate of drug-likeness (QED) is 0.906. The van der Waals surface area contributed by atoms with Gasteiger partial charge in [0.25, 0.3) is 0 Å². The number of nitrogens with zero attached hydrogens (tertiary/aromatic N) is 1. The summed E-state index contributed by atoms with van der Waals surface area (Å²) in [6, 6.07) is 9.13. The van der Waals surface area contributed by atoms with Gasteiger partial charge in [0.15, 0.2) is 0 Å². The van der Waals surface area contributed by atoms with Gasteiger partial charge in [0, 0.05) is 23.7 Å². The van der Waals surface area contributed by atoms with Crippen molar-refractivity contribution < 1.29 is 0 Å². The van der Waals surface area contributed by atoms with Gasteiger partial charge in [-0.1, -0.05) is 23.7 Å². The monoisotopic (exact) mass is 260 g/mol. The van der Waals surface area contributed by atoms with Gasteiger partial charge >= 0.3 is 0 Å². The van der Waals surface area contributed by atoms with Crippen molar-refractivity contribution in [1.82, 2.24) is 4.90 Å². The molecule has 4 heteroatoms. The molecule has 0 saturated heterocycles. The van der Waals surface area contributed by atoms with Crippen LogP contribution in [-0.2, 0) is 6.54 Å². The minimum atomic E-state index is 0. The summed E-state index contributed by atoms with van der Waals surface area (Å²) in [7, 11) is 2.16. The van der Waals surface area contributed by atoms with E-state index in [9.17, 15) is 0 Å². The van der Waals surface area contributed by atoms with E-state index in [1.807, 2.05) is 12.1 Å². The highest BCUT2D eigenvalue weighted by atomic mass is 35.5. The third-order valence-corrected chi connectivity index (χ3v) is 3.37. The standard InChI is InChI=1S/C12H17ClN2.ClH/c1-15(12-6-11(14)7-12)8-9-2-4-10(13)5-3-9;/h2-5,11-12H,6-8,14H2,1H3;1H. The number of rotatable bonds is 3. The maximum Gasteiger partial charge on any atom is 0.0406 e. The Kier molecular flexibility index (Phi) is 5.06. The van der Waals surface area contributed by atoms with Crippen LogP contribution >= 0.6 is 24.0 Å². The molecule has 1 fully saturated rings. The van der Waals surface area contributed by atoms with Crippen LogP contribution in [0.5, 0.6) is 0 Å². The summed E-state index contributed by atoms with van der Waals surface area (Å²) in [4.78, 5) is 2.37. The lowest BCUT2D eigenvalue weighted by Crippen LogP contribution is -2.48. The molecule has 2 N–H and O–H groups in total. The van der Waals surface area contributed by atoms with E-state index in [0.29, 0.717) is 12.1 Å². The van der Waals surface area contributed by atoms with E-state index >= 15 is 0 Å². The lowest BCUT2D eigenvalue weighted by Gasteiger charge is -2.39. The largest absolute Gasteiger partial charge is 0.328 e. The van der Waals surface area contributed by atoms with Crippen LogP contribution in [-0.4, -0.2) is 24.0 Å². The molecule has 1 aromatic rings. The van der Waals surface area contributed by atoms with Crippen molar-refractivity contribution >= 4 is 24.0 Å². The molecular weight excluding hydrogens is 243 g/mol. The summed E-state index contributed by atoms with van der Waals surface area (Å²) in [6.07, 6.45) is 2.26. The van der Waals surface area contributed by atoms with Crippen LogP contribution in [0.1, 0.15) is 18.4 Å². The molecule has 1 aliphatic rings. The fourth-order valence-corrected chi connectivity index (χ4v) is 2.12. The second kappa shape index (κ2) is 5.87. The number of nitrogens with two attached hydrogens (primary N) is 1. The first-order valence-electron chi connectivity index (χ1n) is 5.35. The van der Waals surface area contributed by atoms with Gasteiger partial charge in [-0.2, -0.15) is 0 Å². The fraction of sp³-hybridized carbons (Fsp3) is 0.500. The lowest BCUT2D eigenvalue weighted by atomic mass is 9.86. The van der Waals surface area contributed by atoms with Crippen molar-refractivity contribution in [2.45, 2.75) is 31.5 Å². The van der Waals surface area contributed by atoms with E-state index < -0.39 is 0 Å². The van der Waals surface area contributed by atoms with Crippen LogP contribution in [0.4, 0.5) is 0 Å². The Bertz CT molecular complexity index is 320. The Morgan fingerprint density at radius 2 is 1.88 bits per heavy atom. The summed E-state index contributed by atoms with van der Waals surface area (Å²) in [5.41, 5.74) is 7.08. The zero-order valence-electron chi connectivity index (χ0n) is 9.40. The van der Waals surface area contributed by atoms with Crippen molar-refractivity contribution in [3.8, 4) is 0 Å². The maximum absolute atomic E-state index is 5.84. The Hall–Kier alpha value is -0.280. The topological polar surface area (TPSA) is 29.3 Å². The van der Waals surface area contributed by atoms with Gasteiger partial charge in [-0.15, -0.1) is 12.4 Å². The molecule has 1 saturated carbocycles. The van der Waals surface area contributed by atoms with E-state index in [4.69, 9.17) is 17.3 Å². The average molecular weight is 261 g/mol. The predicted octanol–water partition coefficient (Wildman–Crippen LogP) is 2.68. The van der Waals surface area contributed by atoms with Crippen LogP contribution in [0.15, 0.2) is 24.3 Å². The summed E-state index contributed by atoms with van der Waals surface area (Å²) in [5.74, 6) is 0. The van der Waals surface area contributed by atoms with E-state index in [0.717, 1.165) is 24.4 Å². The highest BCUT2D eigenvalue weighted by Gasteiger charge is 2.28. The number of hydrogen-bond acceptors (Lipinski definition) is 2. The predicted molar refractivity (Wildman–Crippen MR) is 71.2 cm³/mol. The summed E-state index contributed by atoms with van der Waals surface area (Å²) in [6.45, 7) is 0.981. The van der Waals surface area contributed by atoms with Crippen molar-refractivity contribution in [3.05, 3.63) is 34.9 Å². The SMILES string of the molecule is CN(Cc1ccc(Cl)cc1)C1CC(N)C1.Cl. The van der Waals surface area contributed by atoms with Gasteiger partial charge in [-0.05, 0) is 37.6 Å². The maximum atomic E-state index is 5.84. The second-order valence-electron chi connectivity index (χ2n) is 4.43. The molecule has 2 rings (SSSR count). The first-order valence-corrected chi connectivity index (χ1v) is 5.73. The molecule has 2 nitrogen and oxygen atoms in total. The molecular formula is C12H18Cl2N2. The van der Waals surface area contributed by atoms with Crippen LogP contribution < -0.4 is 5.73 Å². The van der Waals surface area contributed by atoms with Gasteiger partial charge in [0.2, 0.25) is 0 Å². The Labute approximate surface area is 108 Å². The summed E-state index contributed by atoms with van der Waals surface area (Å²) >= 11 is 5.84. The van der Waals surface area contributed by atoms with Crippen molar-refractivity contribution in [2.24, 2.45) is 5.73 Å². The lowest BCUT2D eigenvalue weighted by molar-refractivity contribution is 0.132. The molecule has 0 atom stereocenters. The van der Waals surface area contributed by atoms with Crippen molar-refractivity contribution in [1.29, 1.82) is 0 Å². The number of halogens is 2. The number of hydrogen-bond donors (Lipinski definition) is 1. The molecule has 16 heavy (non-hydrogen) atoms. The van der Waals surface area contributed by atoms with Crippen LogP contribution in [0, 0.1) is 0 Å². The molecule has 0 bridgehead atoms. The van der Waals surface area contributed by atoms with Crippen molar-refractivity contribution in [2.75, 3.05) is 7.05 Å². The average Bonchev–Trinajstić information content (AvgIpc) is 2.17. The van der Waals surface area contributed by atoms with Gasteiger partial charge in [-0.3, -0.25) is 4.90 Å². The van der Waals surface area contributed by atoms with Gasteiger partial charge < -0.3 is 5.73 Å². The first-order chi connectivity index (χ1) is 7.15.